The lowest BCUT2D eigenvalue weighted by Gasteiger charge is -2.09. The second-order valence-electron chi connectivity index (χ2n) is 4.41. The molecule has 0 heterocycles. The van der Waals surface area contributed by atoms with Gasteiger partial charge in [0, 0.05) is 15.8 Å². The number of anilines is 2. The first-order valence-electron chi connectivity index (χ1n) is 5.95. The summed E-state index contributed by atoms with van der Waals surface area (Å²) in [7, 11) is 0. The van der Waals surface area contributed by atoms with Crippen molar-refractivity contribution in [3.8, 4) is 0 Å². The lowest BCUT2D eigenvalue weighted by atomic mass is 10.2. The van der Waals surface area contributed by atoms with Crippen molar-refractivity contribution < 1.29 is 4.79 Å². The van der Waals surface area contributed by atoms with Gasteiger partial charge in [0.15, 0.2) is 0 Å². The van der Waals surface area contributed by atoms with E-state index in [2.05, 4.69) is 26.6 Å². The van der Waals surface area contributed by atoms with Gasteiger partial charge < -0.3 is 10.6 Å². The molecule has 2 N–H and O–H groups in total. The first-order chi connectivity index (χ1) is 9.04. The minimum Gasteiger partial charge on any atom is -0.308 e. The molecular weight excluding hydrogens is 304 g/mol. The van der Waals surface area contributed by atoms with Crippen LogP contribution in [-0.2, 0) is 0 Å². The first-order valence-corrected chi connectivity index (χ1v) is 6.75. The van der Waals surface area contributed by atoms with Crippen molar-refractivity contribution in [3.63, 3.8) is 0 Å². The zero-order chi connectivity index (χ0) is 13.8. The zero-order valence-electron chi connectivity index (χ0n) is 10.8. The molecule has 4 heteroatoms. The van der Waals surface area contributed by atoms with E-state index in [0.717, 1.165) is 27.0 Å². The smallest absolute Gasteiger partial charge is 0.308 e. The monoisotopic (exact) mass is 318 g/mol. The van der Waals surface area contributed by atoms with Gasteiger partial charge in [0.05, 0.1) is 0 Å². The number of halogens is 1. The molecule has 0 aromatic heterocycles. The van der Waals surface area contributed by atoms with Crippen molar-refractivity contribution >= 4 is 33.3 Å². The maximum Gasteiger partial charge on any atom is 0.323 e. The van der Waals surface area contributed by atoms with E-state index in [4.69, 9.17) is 0 Å². The maximum absolute atomic E-state index is 11.9. The summed E-state index contributed by atoms with van der Waals surface area (Å²) in [4.78, 5) is 11.9. The van der Waals surface area contributed by atoms with E-state index in [1.807, 2.05) is 56.3 Å². The third-order valence-corrected chi connectivity index (χ3v) is 3.58. The fourth-order valence-corrected chi connectivity index (χ4v) is 1.99. The minimum absolute atomic E-state index is 0.243. The Balaban J connectivity index is 2.03. The highest BCUT2D eigenvalue weighted by molar-refractivity contribution is 9.10. The molecule has 0 saturated carbocycles. The Hall–Kier alpha value is -1.81. The second-order valence-corrected chi connectivity index (χ2v) is 5.27. The highest BCUT2D eigenvalue weighted by Crippen LogP contribution is 2.20. The fraction of sp³-hybridized carbons (Fsp3) is 0.133. The Bertz CT molecular complexity index is 611. The van der Waals surface area contributed by atoms with Crippen molar-refractivity contribution in [1.82, 2.24) is 0 Å². The highest BCUT2D eigenvalue weighted by Gasteiger charge is 2.04. The number of carbonyl (C=O) groups is 1. The molecule has 2 rings (SSSR count). The standard InChI is InChI=1S/C15H15BrN2O/c1-10-4-3-5-12(8-10)17-15(19)18-13-6-7-14(16)11(2)9-13/h3-9H,1-2H3,(H2,17,18,19). The van der Waals surface area contributed by atoms with Gasteiger partial charge in [-0.2, -0.15) is 0 Å². The van der Waals surface area contributed by atoms with E-state index in [1.54, 1.807) is 0 Å². The summed E-state index contributed by atoms with van der Waals surface area (Å²) >= 11 is 3.43. The molecule has 0 atom stereocenters. The van der Waals surface area contributed by atoms with Crippen LogP contribution in [0.5, 0.6) is 0 Å². The Morgan fingerprint density at radius 3 is 2.32 bits per heavy atom. The SMILES string of the molecule is Cc1cccc(NC(=O)Nc2ccc(Br)c(C)c2)c1. The molecule has 3 nitrogen and oxygen atoms in total. The van der Waals surface area contributed by atoms with Crippen molar-refractivity contribution in [2.45, 2.75) is 13.8 Å². The molecule has 2 amide bonds. The molecule has 0 unspecified atom stereocenters. The molecule has 0 fully saturated rings. The molecule has 2 aromatic rings. The van der Waals surface area contributed by atoms with Gasteiger partial charge in [-0.15, -0.1) is 0 Å². The largest absolute Gasteiger partial charge is 0.323 e. The lowest BCUT2D eigenvalue weighted by molar-refractivity contribution is 0.262. The Morgan fingerprint density at radius 1 is 1.00 bits per heavy atom. The first kappa shape index (κ1) is 13.6. The van der Waals surface area contributed by atoms with E-state index in [-0.39, 0.29) is 6.03 Å². The van der Waals surface area contributed by atoms with Crippen LogP contribution in [-0.4, -0.2) is 6.03 Å². The molecule has 0 bridgehead atoms. The summed E-state index contributed by atoms with van der Waals surface area (Å²) in [5.74, 6) is 0. The molecule has 19 heavy (non-hydrogen) atoms. The predicted molar refractivity (Wildman–Crippen MR) is 82.7 cm³/mol. The van der Waals surface area contributed by atoms with Crippen LogP contribution in [0.1, 0.15) is 11.1 Å². The third-order valence-electron chi connectivity index (χ3n) is 2.69. The number of carbonyl (C=O) groups excluding carboxylic acids is 1. The van der Waals surface area contributed by atoms with Crippen molar-refractivity contribution in [2.24, 2.45) is 0 Å². The normalized spacial score (nSPS) is 10.1. The lowest BCUT2D eigenvalue weighted by Crippen LogP contribution is -2.19. The molecule has 0 aliphatic heterocycles. The topological polar surface area (TPSA) is 41.1 Å². The zero-order valence-corrected chi connectivity index (χ0v) is 12.4. The maximum atomic E-state index is 11.9. The quantitative estimate of drug-likeness (QED) is 0.827. The molecule has 0 radical (unpaired) electrons. The van der Waals surface area contributed by atoms with Crippen LogP contribution in [0.15, 0.2) is 46.9 Å². The van der Waals surface area contributed by atoms with Gasteiger partial charge in [0.25, 0.3) is 0 Å². The van der Waals surface area contributed by atoms with Gasteiger partial charge in [-0.1, -0.05) is 28.1 Å². The molecule has 98 valence electrons. The van der Waals surface area contributed by atoms with Gasteiger partial charge in [-0.05, 0) is 55.3 Å². The predicted octanol–water partition coefficient (Wildman–Crippen LogP) is 4.71. The molecule has 0 saturated heterocycles. The molecular formula is C15H15BrN2O. The summed E-state index contributed by atoms with van der Waals surface area (Å²) in [5.41, 5.74) is 3.74. The number of aryl methyl sites for hydroxylation is 2. The van der Waals surface area contributed by atoms with E-state index >= 15 is 0 Å². The number of amides is 2. The van der Waals surface area contributed by atoms with Crippen LogP contribution < -0.4 is 10.6 Å². The van der Waals surface area contributed by atoms with Crippen molar-refractivity contribution in [1.29, 1.82) is 0 Å². The third kappa shape index (κ3) is 3.83. The number of rotatable bonds is 2. The number of hydrogen-bond donors (Lipinski definition) is 2. The van der Waals surface area contributed by atoms with Crippen LogP contribution in [0.3, 0.4) is 0 Å². The summed E-state index contributed by atoms with van der Waals surface area (Å²) in [6.45, 7) is 3.97. The minimum atomic E-state index is -0.243. The van der Waals surface area contributed by atoms with Gasteiger partial charge in [0.1, 0.15) is 0 Å². The molecule has 0 spiro atoms. The average Bonchev–Trinajstić information content (AvgIpc) is 2.34. The van der Waals surface area contributed by atoms with Gasteiger partial charge in [-0.25, -0.2) is 4.79 Å². The second kappa shape index (κ2) is 5.89. The average molecular weight is 319 g/mol. The van der Waals surface area contributed by atoms with Gasteiger partial charge in [-0.3, -0.25) is 0 Å². The van der Waals surface area contributed by atoms with E-state index in [0.29, 0.717) is 0 Å². The Labute approximate surface area is 121 Å². The Morgan fingerprint density at radius 2 is 1.68 bits per heavy atom. The van der Waals surface area contributed by atoms with Crippen LogP contribution >= 0.6 is 15.9 Å². The summed E-state index contributed by atoms with van der Waals surface area (Å²) in [6, 6.07) is 13.1. The number of nitrogens with one attached hydrogen (secondary N) is 2. The highest BCUT2D eigenvalue weighted by atomic mass is 79.9. The number of urea groups is 1. The van der Waals surface area contributed by atoms with E-state index < -0.39 is 0 Å². The summed E-state index contributed by atoms with van der Waals surface area (Å²) in [5, 5.41) is 5.61. The summed E-state index contributed by atoms with van der Waals surface area (Å²) in [6.07, 6.45) is 0. The van der Waals surface area contributed by atoms with Crippen molar-refractivity contribution in [3.05, 3.63) is 58.1 Å². The van der Waals surface area contributed by atoms with Crippen LogP contribution in [0.4, 0.5) is 16.2 Å². The fourth-order valence-electron chi connectivity index (χ4n) is 1.74. The van der Waals surface area contributed by atoms with Crippen molar-refractivity contribution in [2.75, 3.05) is 10.6 Å². The summed E-state index contributed by atoms with van der Waals surface area (Å²) < 4.78 is 1.03. The molecule has 0 aliphatic rings. The van der Waals surface area contributed by atoms with Gasteiger partial charge in [0.2, 0.25) is 0 Å². The van der Waals surface area contributed by atoms with Gasteiger partial charge >= 0.3 is 6.03 Å². The number of benzene rings is 2. The Kier molecular flexibility index (Phi) is 4.22. The van der Waals surface area contributed by atoms with E-state index in [1.165, 1.54) is 0 Å². The molecule has 2 aromatic carbocycles. The van der Waals surface area contributed by atoms with E-state index in [9.17, 15) is 4.79 Å². The van der Waals surface area contributed by atoms with Crippen LogP contribution in [0.25, 0.3) is 0 Å². The van der Waals surface area contributed by atoms with Crippen LogP contribution in [0, 0.1) is 13.8 Å². The number of hydrogen-bond acceptors (Lipinski definition) is 1. The molecule has 0 aliphatic carbocycles. The van der Waals surface area contributed by atoms with Crippen LogP contribution in [0.2, 0.25) is 0 Å².